The first-order chi connectivity index (χ1) is 15.4. The highest BCUT2D eigenvalue weighted by Gasteiger charge is 2.43. The molecule has 0 saturated carbocycles. The number of rotatable bonds is 3. The topological polar surface area (TPSA) is 83.4 Å². The number of nitrogens with one attached hydrogen (secondary N) is 2. The Morgan fingerprint density at radius 1 is 1.09 bits per heavy atom. The van der Waals surface area contributed by atoms with Crippen LogP contribution >= 0.6 is 11.6 Å². The van der Waals surface area contributed by atoms with Crippen molar-refractivity contribution in [3.8, 4) is 11.1 Å². The Kier molecular flexibility index (Phi) is 4.98. The van der Waals surface area contributed by atoms with Crippen molar-refractivity contribution in [1.29, 1.82) is 0 Å². The van der Waals surface area contributed by atoms with Crippen molar-refractivity contribution in [2.75, 3.05) is 11.9 Å². The first kappa shape index (κ1) is 20.3. The van der Waals surface area contributed by atoms with Crippen molar-refractivity contribution in [3.63, 3.8) is 0 Å². The van der Waals surface area contributed by atoms with E-state index >= 15 is 0 Å². The smallest absolute Gasteiger partial charge is 0.268 e. The normalized spacial score (nSPS) is 19.8. The lowest BCUT2D eigenvalue weighted by Gasteiger charge is -2.20. The van der Waals surface area contributed by atoms with Crippen molar-refractivity contribution in [3.05, 3.63) is 77.1 Å². The van der Waals surface area contributed by atoms with Crippen LogP contribution < -0.4 is 10.6 Å². The average Bonchev–Trinajstić information content (AvgIpc) is 3.38. The molecule has 3 aromatic rings. The number of carbonyl (C=O) groups excluding carboxylic acids is 3. The van der Waals surface area contributed by atoms with Crippen molar-refractivity contribution in [2.45, 2.75) is 18.5 Å². The zero-order chi connectivity index (χ0) is 22.4. The van der Waals surface area contributed by atoms with E-state index < -0.39 is 6.04 Å². The number of halogens is 1. The molecule has 0 radical (unpaired) electrons. The van der Waals surface area contributed by atoms with Gasteiger partial charge in [0.2, 0.25) is 5.91 Å². The van der Waals surface area contributed by atoms with Crippen LogP contribution in [0.4, 0.5) is 5.69 Å². The van der Waals surface area contributed by atoms with E-state index in [0.29, 0.717) is 28.4 Å². The third kappa shape index (κ3) is 3.54. The van der Waals surface area contributed by atoms with E-state index in [1.807, 2.05) is 18.2 Å². The maximum Gasteiger partial charge on any atom is 0.268 e. The molecule has 2 aromatic carbocycles. The third-order valence-corrected chi connectivity index (χ3v) is 6.31. The fourth-order valence-electron chi connectivity index (χ4n) is 4.39. The van der Waals surface area contributed by atoms with Crippen LogP contribution in [0.2, 0.25) is 5.02 Å². The van der Waals surface area contributed by atoms with E-state index in [1.54, 1.807) is 59.1 Å². The van der Waals surface area contributed by atoms with Crippen LogP contribution in [-0.2, 0) is 11.8 Å². The maximum atomic E-state index is 13.4. The summed E-state index contributed by atoms with van der Waals surface area (Å²) in [4.78, 5) is 40.4. The fraction of sp³-hybridized carbons (Fsp3) is 0.208. The Bertz CT molecular complexity index is 1230. The molecule has 0 bridgehead atoms. The molecule has 8 heteroatoms. The van der Waals surface area contributed by atoms with E-state index in [1.165, 1.54) is 0 Å². The molecule has 1 saturated heterocycles. The molecular weight excluding hydrogens is 428 g/mol. The summed E-state index contributed by atoms with van der Waals surface area (Å²) in [5.74, 6) is -0.694. The first-order valence-electron chi connectivity index (χ1n) is 10.3. The molecule has 0 aliphatic carbocycles. The van der Waals surface area contributed by atoms with Crippen molar-refractivity contribution in [1.82, 2.24) is 14.8 Å². The number of amides is 3. The van der Waals surface area contributed by atoms with Gasteiger partial charge in [-0.2, -0.15) is 0 Å². The summed E-state index contributed by atoms with van der Waals surface area (Å²) >= 11 is 5.99. The third-order valence-electron chi connectivity index (χ3n) is 6.06. The molecule has 2 aliphatic heterocycles. The van der Waals surface area contributed by atoms with Gasteiger partial charge in [0.05, 0.1) is 11.3 Å². The van der Waals surface area contributed by atoms with Crippen LogP contribution in [-0.4, -0.2) is 45.8 Å². The number of anilines is 1. The zero-order valence-corrected chi connectivity index (χ0v) is 18.1. The first-order valence-corrected chi connectivity index (χ1v) is 10.7. The number of aryl methyl sites for hydroxylation is 1. The summed E-state index contributed by atoms with van der Waals surface area (Å²) < 4.78 is 1.73. The second kappa shape index (κ2) is 7.84. The number of benzene rings is 2. The Balaban J connectivity index is 1.41. The highest BCUT2D eigenvalue weighted by molar-refractivity contribution is 6.30. The molecule has 0 spiro atoms. The van der Waals surface area contributed by atoms with E-state index in [4.69, 9.17) is 11.6 Å². The summed E-state index contributed by atoms with van der Waals surface area (Å²) in [6.07, 6.45) is 2.16. The molecule has 2 atom stereocenters. The monoisotopic (exact) mass is 448 g/mol. The molecule has 1 fully saturated rings. The summed E-state index contributed by atoms with van der Waals surface area (Å²) in [7, 11) is 1.79. The van der Waals surface area contributed by atoms with Gasteiger partial charge in [-0.15, -0.1) is 0 Å². The number of fused-ring (bicyclic) bond motifs is 2. The van der Waals surface area contributed by atoms with Gasteiger partial charge in [0.15, 0.2) is 0 Å². The number of nitrogens with zero attached hydrogens (tertiary/aromatic N) is 2. The van der Waals surface area contributed by atoms with E-state index in [2.05, 4.69) is 10.6 Å². The molecule has 162 valence electrons. The van der Waals surface area contributed by atoms with Gasteiger partial charge in [0.25, 0.3) is 11.8 Å². The Morgan fingerprint density at radius 3 is 2.56 bits per heavy atom. The maximum absolute atomic E-state index is 13.4. The predicted octanol–water partition coefficient (Wildman–Crippen LogP) is 3.31. The van der Waals surface area contributed by atoms with E-state index in [-0.39, 0.29) is 30.3 Å². The highest BCUT2D eigenvalue weighted by atomic mass is 35.5. The van der Waals surface area contributed by atoms with Gasteiger partial charge in [-0.25, -0.2) is 0 Å². The Labute approximate surface area is 190 Å². The molecule has 3 heterocycles. The van der Waals surface area contributed by atoms with Gasteiger partial charge in [0.1, 0.15) is 11.7 Å². The molecule has 0 unspecified atom stereocenters. The lowest BCUT2D eigenvalue weighted by molar-refractivity contribution is -0.119. The number of hydrogen-bond donors (Lipinski definition) is 2. The lowest BCUT2D eigenvalue weighted by Crippen LogP contribution is -2.41. The van der Waals surface area contributed by atoms with E-state index in [0.717, 1.165) is 11.1 Å². The number of carbonyl (C=O) groups is 3. The highest BCUT2D eigenvalue weighted by Crippen LogP contribution is 2.32. The van der Waals surface area contributed by atoms with Gasteiger partial charge in [-0.1, -0.05) is 29.8 Å². The van der Waals surface area contributed by atoms with Gasteiger partial charge < -0.3 is 20.1 Å². The average molecular weight is 449 g/mol. The molecule has 2 aliphatic rings. The molecule has 32 heavy (non-hydrogen) atoms. The largest absolute Gasteiger partial charge is 0.347 e. The predicted molar refractivity (Wildman–Crippen MR) is 122 cm³/mol. The molecule has 2 N–H and O–H groups in total. The lowest BCUT2D eigenvalue weighted by atomic mass is 10.0. The van der Waals surface area contributed by atoms with Crippen LogP contribution in [0, 0.1) is 0 Å². The van der Waals surface area contributed by atoms with Crippen molar-refractivity contribution < 1.29 is 14.4 Å². The van der Waals surface area contributed by atoms with Crippen molar-refractivity contribution >= 4 is 35.0 Å². The molecule has 7 nitrogen and oxygen atoms in total. The Hall–Kier alpha value is -3.58. The van der Waals surface area contributed by atoms with Crippen LogP contribution in [0.1, 0.15) is 27.3 Å². The Morgan fingerprint density at radius 2 is 1.84 bits per heavy atom. The molecular formula is C24H21ClN4O3. The summed E-state index contributed by atoms with van der Waals surface area (Å²) in [5, 5.41) is 6.48. The minimum Gasteiger partial charge on any atom is -0.347 e. The fourth-order valence-corrected chi connectivity index (χ4v) is 4.52. The number of aromatic nitrogens is 1. The SMILES string of the molecule is Cn1cccc1C(=O)N[C@H]1C[C@H]2C(=O)Nc3ccc(-c4ccc(Cl)cc4)cc3C(=O)N2C1. The van der Waals surface area contributed by atoms with Crippen LogP contribution in [0.15, 0.2) is 60.8 Å². The summed E-state index contributed by atoms with van der Waals surface area (Å²) in [6.45, 7) is 0.275. The van der Waals surface area contributed by atoms with E-state index in [9.17, 15) is 14.4 Å². The standard InChI is InChI=1S/C24H21ClN4O3/c1-28-10-2-3-20(28)22(30)26-17-12-21-23(31)27-19-9-6-15(14-4-7-16(25)8-5-14)11-18(19)24(32)29(21)13-17/h2-11,17,21H,12-13H2,1H3,(H,26,30)(H,27,31)/t17-,21-/m0/s1. The van der Waals surface area contributed by atoms with Crippen LogP contribution in [0.5, 0.6) is 0 Å². The van der Waals surface area contributed by atoms with Gasteiger partial charge in [-0.3, -0.25) is 14.4 Å². The second-order valence-corrected chi connectivity index (χ2v) is 8.58. The van der Waals surface area contributed by atoms with Crippen LogP contribution in [0.25, 0.3) is 11.1 Å². The minimum atomic E-state index is -0.632. The quantitative estimate of drug-likeness (QED) is 0.644. The minimum absolute atomic E-state index is 0.224. The van der Waals surface area contributed by atoms with Gasteiger partial charge in [0, 0.05) is 30.9 Å². The van der Waals surface area contributed by atoms with Gasteiger partial charge >= 0.3 is 0 Å². The van der Waals surface area contributed by atoms with Crippen LogP contribution in [0.3, 0.4) is 0 Å². The zero-order valence-electron chi connectivity index (χ0n) is 17.3. The summed E-state index contributed by atoms with van der Waals surface area (Å²) in [5.41, 5.74) is 3.24. The van der Waals surface area contributed by atoms with Gasteiger partial charge in [-0.05, 0) is 53.9 Å². The summed E-state index contributed by atoms with van der Waals surface area (Å²) in [6, 6.07) is 15.4. The molecule has 1 aromatic heterocycles. The van der Waals surface area contributed by atoms with Crippen molar-refractivity contribution in [2.24, 2.45) is 7.05 Å². The number of hydrogen-bond acceptors (Lipinski definition) is 3. The molecule has 5 rings (SSSR count). The second-order valence-electron chi connectivity index (χ2n) is 8.14. The molecule has 3 amide bonds.